The van der Waals surface area contributed by atoms with Crippen LogP contribution in [0.4, 0.5) is 0 Å². The number of amides is 1. The molecule has 1 amide bonds. The Morgan fingerprint density at radius 2 is 1.72 bits per heavy atom. The van der Waals surface area contributed by atoms with Gasteiger partial charge in [-0.3, -0.25) is 4.79 Å². The van der Waals surface area contributed by atoms with E-state index in [-0.39, 0.29) is 17.3 Å². The van der Waals surface area contributed by atoms with Crippen molar-refractivity contribution in [2.24, 2.45) is 0 Å². The zero-order chi connectivity index (χ0) is 23.1. The molecule has 0 aliphatic carbocycles. The smallest absolute Gasteiger partial charge is 0.352 e. The molecule has 0 fully saturated rings. The van der Waals surface area contributed by atoms with Crippen molar-refractivity contribution in [3.63, 3.8) is 0 Å². The molecule has 8 heteroatoms. The summed E-state index contributed by atoms with van der Waals surface area (Å²) in [6, 6.07) is 18.6. The third-order valence-corrected chi connectivity index (χ3v) is 4.91. The molecular weight excluding hydrogens is 453 g/mol. The minimum atomic E-state index is -1.30. The Morgan fingerprint density at radius 3 is 2.34 bits per heavy atom. The maximum Gasteiger partial charge on any atom is 0.352 e. The van der Waals surface area contributed by atoms with E-state index in [0.717, 1.165) is 5.56 Å². The number of ether oxygens (including phenoxy) is 2. The van der Waals surface area contributed by atoms with Crippen LogP contribution >= 0.6 is 23.2 Å². The van der Waals surface area contributed by atoms with Crippen molar-refractivity contribution in [2.75, 3.05) is 7.11 Å². The Morgan fingerprint density at radius 1 is 1.03 bits per heavy atom. The second-order valence-corrected chi connectivity index (χ2v) is 7.48. The van der Waals surface area contributed by atoms with Crippen LogP contribution in [-0.2, 0) is 11.4 Å². The number of carbonyl (C=O) groups is 2. The van der Waals surface area contributed by atoms with E-state index < -0.39 is 11.9 Å². The van der Waals surface area contributed by atoms with E-state index in [2.05, 4.69) is 5.32 Å². The van der Waals surface area contributed by atoms with Gasteiger partial charge in [0.15, 0.2) is 11.5 Å². The number of hydrogen-bond donors (Lipinski definition) is 2. The SMILES string of the molecule is COc1cc(C=C(NC(=O)c2ccccc2)C(=O)O)cc(Cl)c1OCc1ccc(Cl)cc1. The van der Waals surface area contributed by atoms with Crippen LogP contribution in [0.3, 0.4) is 0 Å². The van der Waals surface area contributed by atoms with Gasteiger partial charge in [0.25, 0.3) is 5.91 Å². The summed E-state index contributed by atoms with van der Waals surface area (Å²) in [6.07, 6.45) is 1.29. The summed E-state index contributed by atoms with van der Waals surface area (Å²) in [5.74, 6) is -1.21. The third kappa shape index (κ3) is 6.03. The van der Waals surface area contributed by atoms with Gasteiger partial charge < -0.3 is 19.9 Å². The third-order valence-electron chi connectivity index (χ3n) is 4.37. The largest absolute Gasteiger partial charge is 0.493 e. The van der Waals surface area contributed by atoms with Gasteiger partial charge in [-0.2, -0.15) is 0 Å². The van der Waals surface area contributed by atoms with Crippen molar-refractivity contribution >= 4 is 41.2 Å². The van der Waals surface area contributed by atoms with Crippen LogP contribution in [0.2, 0.25) is 10.0 Å². The fraction of sp³-hybridized carbons (Fsp3) is 0.0833. The lowest BCUT2D eigenvalue weighted by atomic mass is 10.1. The first-order valence-corrected chi connectivity index (χ1v) is 10.2. The van der Waals surface area contributed by atoms with Crippen molar-refractivity contribution in [3.8, 4) is 11.5 Å². The topological polar surface area (TPSA) is 84.9 Å². The molecule has 0 aromatic heterocycles. The minimum absolute atomic E-state index is 0.226. The highest BCUT2D eigenvalue weighted by molar-refractivity contribution is 6.32. The van der Waals surface area contributed by atoms with E-state index in [0.29, 0.717) is 27.6 Å². The van der Waals surface area contributed by atoms with Gasteiger partial charge in [0, 0.05) is 10.6 Å². The van der Waals surface area contributed by atoms with E-state index >= 15 is 0 Å². The molecule has 0 bridgehead atoms. The molecule has 0 atom stereocenters. The van der Waals surface area contributed by atoms with Crippen LogP contribution in [0.1, 0.15) is 21.5 Å². The number of hydrogen-bond acceptors (Lipinski definition) is 4. The highest BCUT2D eigenvalue weighted by Crippen LogP contribution is 2.37. The molecule has 2 N–H and O–H groups in total. The maximum atomic E-state index is 12.3. The zero-order valence-corrected chi connectivity index (χ0v) is 18.5. The predicted molar refractivity (Wildman–Crippen MR) is 123 cm³/mol. The molecule has 0 radical (unpaired) electrons. The first-order chi connectivity index (χ1) is 15.4. The molecule has 0 aliphatic rings. The lowest BCUT2D eigenvalue weighted by Gasteiger charge is -2.14. The van der Waals surface area contributed by atoms with Crippen LogP contribution < -0.4 is 14.8 Å². The lowest BCUT2D eigenvalue weighted by Crippen LogP contribution is -2.27. The number of aliphatic carboxylic acids is 1. The van der Waals surface area contributed by atoms with Gasteiger partial charge in [-0.05, 0) is 53.6 Å². The Bertz CT molecular complexity index is 1150. The highest BCUT2D eigenvalue weighted by Gasteiger charge is 2.16. The van der Waals surface area contributed by atoms with Crippen LogP contribution in [0.25, 0.3) is 6.08 Å². The Labute approximate surface area is 195 Å². The number of halogens is 2. The highest BCUT2D eigenvalue weighted by atomic mass is 35.5. The molecule has 0 saturated heterocycles. The Kier molecular flexibility index (Phi) is 7.76. The van der Waals surface area contributed by atoms with Crippen molar-refractivity contribution in [1.29, 1.82) is 0 Å². The van der Waals surface area contributed by atoms with Crippen LogP contribution in [-0.4, -0.2) is 24.1 Å². The molecule has 3 aromatic carbocycles. The fourth-order valence-electron chi connectivity index (χ4n) is 2.80. The van der Waals surface area contributed by atoms with Crippen molar-refractivity contribution in [1.82, 2.24) is 5.32 Å². The Balaban J connectivity index is 1.83. The molecule has 0 aliphatic heterocycles. The quantitative estimate of drug-likeness (QED) is 0.427. The van der Waals surface area contributed by atoms with E-state index in [1.54, 1.807) is 48.5 Å². The maximum absolute atomic E-state index is 12.3. The lowest BCUT2D eigenvalue weighted by molar-refractivity contribution is -0.132. The van der Waals surface area contributed by atoms with E-state index in [4.69, 9.17) is 32.7 Å². The number of nitrogens with one attached hydrogen (secondary N) is 1. The van der Waals surface area contributed by atoms with Gasteiger partial charge in [0.1, 0.15) is 12.3 Å². The molecule has 0 heterocycles. The van der Waals surface area contributed by atoms with E-state index in [1.807, 2.05) is 12.1 Å². The van der Waals surface area contributed by atoms with E-state index in [1.165, 1.54) is 19.3 Å². The van der Waals surface area contributed by atoms with Crippen LogP contribution in [0.5, 0.6) is 11.5 Å². The molecule has 0 unspecified atom stereocenters. The summed E-state index contributed by atoms with van der Waals surface area (Å²) < 4.78 is 11.2. The average molecular weight is 472 g/mol. The summed E-state index contributed by atoms with van der Waals surface area (Å²) in [5, 5.41) is 12.8. The summed E-state index contributed by atoms with van der Waals surface area (Å²) in [4.78, 5) is 24.0. The van der Waals surface area contributed by atoms with Gasteiger partial charge in [0.05, 0.1) is 12.1 Å². The summed E-state index contributed by atoms with van der Waals surface area (Å²) in [6.45, 7) is 0.232. The number of carboxylic acid groups (broad SMARTS) is 1. The Hall–Kier alpha value is -3.48. The zero-order valence-electron chi connectivity index (χ0n) is 17.0. The second-order valence-electron chi connectivity index (χ2n) is 6.63. The average Bonchev–Trinajstić information content (AvgIpc) is 2.79. The molecule has 3 aromatic rings. The molecule has 164 valence electrons. The normalized spacial score (nSPS) is 11.0. The van der Waals surface area contributed by atoms with Crippen molar-refractivity contribution in [3.05, 3.63) is 99.2 Å². The van der Waals surface area contributed by atoms with E-state index in [9.17, 15) is 14.7 Å². The van der Waals surface area contributed by atoms with Crippen molar-refractivity contribution < 1.29 is 24.2 Å². The summed E-state index contributed by atoms with van der Waals surface area (Å²) >= 11 is 12.3. The first kappa shape index (κ1) is 23.2. The monoisotopic (exact) mass is 471 g/mol. The number of benzene rings is 3. The van der Waals surface area contributed by atoms with Crippen LogP contribution in [0, 0.1) is 0 Å². The fourth-order valence-corrected chi connectivity index (χ4v) is 3.20. The summed E-state index contributed by atoms with van der Waals surface area (Å²) in [7, 11) is 1.45. The standard InChI is InChI=1S/C24H19Cl2NO5/c1-31-21-13-16(11-19(26)22(21)32-14-15-7-9-18(25)10-8-15)12-20(24(29)30)27-23(28)17-5-3-2-4-6-17/h2-13H,14H2,1H3,(H,27,28)(H,29,30). The van der Waals surface area contributed by atoms with Gasteiger partial charge >= 0.3 is 5.97 Å². The number of rotatable bonds is 8. The molecule has 6 nitrogen and oxygen atoms in total. The second kappa shape index (κ2) is 10.7. The van der Waals surface area contributed by atoms with Gasteiger partial charge in [0.2, 0.25) is 0 Å². The summed E-state index contributed by atoms with van der Waals surface area (Å²) in [5.41, 5.74) is 1.32. The molecule has 3 rings (SSSR count). The molecule has 0 saturated carbocycles. The first-order valence-electron chi connectivity index (χ1n) is 9.43. The van der Waals surface area contributed by atoms with Gasteiger partial charge in [-0.15, -0.1) is 0 Å². The molecule has 32 heavy (non-hydrogen) atoms. The van der Waals surface area contributed by atoms with Crippen molar-refractivity contribution in [2.45, 2.75) is 6.61 Å². The number of methoxy groups -OCH3 is 1. The number of carbonyl (C=O) groups excluding carboxylic acids is 1. The van der Waals surface area contributed by atoms with Crippen LogP contribution in [0.15, 0.2) is 72.4 Å². The molecule has 0 spiro atoms. The number of carboxylic acids is 1. The predicted octanol–water partition coefficient (Wildman–Crippen LogP) is 5.44. The minimum Gasteiger partial charge on any atom is -0.493 e. The van der Waals surface area contributed by atoms with Gasteiger partial charge in [-0.1, -0.05) is 53.5 Å². The van der Waals surface area contributed by atoms with Gasteiger partial charge in [-0.25, -0.2) is 4.79 Å². The molecular formula is C24H19Cl2NO5.